The van der Waals surface area contributed by atoms with E-state index in [0.29, 0.717) is 23.6 Å². The summed E-state index contributed by atoms with van der Waals surface area (Å²) >= 11 is 5.80. The van der Waals surface area contributed by atoms with Crippen LogP contribution in [0.3, 0.4) is 0 Å². The molecule has 0 unspecified atom stereocenters. The lowest BCUT2D eigenvalue weighted by atomic mass is 10.1. The van der Waals surface area contributed by atoms with E-state index in [1.54, 1.807) is 18.2 Å². The van der Waals surface area contributed by atoms with Crippen molar-refractivity contribution in [3.05, 3.63) is 87.2 Å². The van der Waals surface area contributed by atoms with E-state index in [-0.39, 0.29) is 17.5 Å². The van der Waals surface area contributed by atoms with Gasteiger partial charge in [-0.1, -0.05) is 17.7 Å². The Morgan fingerprint density at radius 2 is 1.77 bits per heavy atom. The third-order valence-corrected chi connectivity index (χ3v) is 5.24. The van der Waals surface area contributed by atoms with Gasteiger partial charge in [-0.3, -0.25) is 4.79 Å². The van der Waals surface area contributed by atoms with Gasteiger partial charge in [-0.2, -0.15) is 0 Å². The molecule has 0 spiro atoms. The number of hydrogen-bond acceptors (Lipinski definition) is 3. The highest BCUT2D eigenvalue weighted by atomic mass is 35.5. The number of hydrogen-bond donors (Lipinski definition) is 1. The number of anilines is 1. The van der Waals surface area contributed by atoms with Crippen LogP contribution in [0.2, 0.25) is 5.02 Å². The van der Waals surface area contributed by atoms with Crippen molar-refractivity contribution in [1.82, 2.24) is 0 Å². The highest BCUT2D eigenvalue weighted by molar-refractivity contribution is 6.31. The fraction of sp³-hybridized carbons (Fsp3) is 0.240. The molecule has 3 aromatic carbocycles. The molecule has 0 heterocycles. The maximum atomic E-state index is 13.4. The first-order valence-electron chi connectivity index (χ1n) is 10.0. The minimum atomic E-state index is -0.540. The zero-order valence-electron chi connectivity index (χ0n) is 18.0. The standard InChI is InChI=1S/C25H25ClFNO3/c1-5-30-23-9-6-18(25(29)28-20-7-8-22(27)21(26)13-20)12-19(23)14-31-24-11-15(2)10-16(3)17(24)4/h6-13H,5,14H2,1-4H3,(H,28,29). The molecule has 4 nitrogen and oxygen atoms in total. The molecule has 3 aromatic rings. The van der Waals surface area contributed by atoms with Crippen LogP contribution >= 0.6 is 11.6 Å². The van der Waals surface area contributed by atoms with Gasteiger partial charge in [0.05, 0.1) is 11.6 Å². The highest BCUT2D eigenvalue weighted by Gasteiger charge is 2.13. The summed E-state index contributed by atoms with van der Waals surface area (Å²) in [5, 5.41) is 2.68. The van der Waals surface area contributed by atoms with E-state index in [1.165, 1.54) is 18.2 Å². The summed E-state index contributed by atoms with van der Waals surface area (Å²) < 4.78 is 25.2. The van der Waals surface area contributed by atoms with Gasteiger partial charge < -0.3 is 14.8 Å². The first-order valence-corrected chi connectivity index (χ1v) is 10.4. The number of nitrogens with one attached hydrogen (secondary N) is 1. The van der Waals surface area contributed by atoms with Crippen LogP contribution in [0, 0.1) is 26.6 Å². The summed E-state index contributed by atoms with van der Waals surface area (Å²) in [7, 11) is 0. The van der Waals surface area contributed by atoms with Crippen LogP contribution < -0.4 is 14.8 Å². The quantitative estimate of drug-likeness (QED) is 0.447. The third-order valence-electron chi connectivity index (χ3n) is 4.95. The number of halogens is 2. The van der Waals surface area contributed by atoms with E-state index in [9.17, 15) is 9.18 Å². The lowest BCUT2D eigenvalue weighted by molar-refractivity contribution is 0.102. The predicted molar refractivity (Wildman–Crippen MR) is 122 cm³/mol. The monoisotopic (exact) mass is 441 g/mol. The normalized spacial score (nSPS) is 10.6. The van der Waals surface area contributed by atoms with Crippen LogP contribution in [-0.4, -0.2) is 12.5 Å². The third kappa shape index (κ3) is 5.56. The van der Waals surface area contributed by atoms with Crippen LogP contribution in [0.4, 0.5) is 10.1 Å². The van der Waals surface area contributed by atoms with Crippen molar-refractivity contribution < 1.29 is 18.7 Å². The highest BCUT2D eigenvalue weighted by Crippen LogP contribution is 2.27. The smallest absolute Gasteiger partial charge is 0.255 e. The lowest BCUT2D eigenvalue weighted by Crippen LogP contribution is -2.13. The molecule has 3 rings (SSSR count). The van der Waals surface area contributed by atoms with Gasteiger partial charge in [-0.05, 0) is 86.8 Å². The van der Waals surface area contributed by atoms with Crippen molar-refractivity contribution in [3.8, 4) is 11.5 Å². The van der Waals surface area contributed by atoms with Crippen LogP contribution in [0.5, 0.6) is 11.5 Å². The van der Waals surface area contributed by atoms with Crippen molar-refractivity contribution in [1.29, 1.82) is 0 Å². The summed E-state index contributed by atoms with van der Waals surface area (Å²) in [6.45, 7) is 8.74. The van der Waals surface area contributed by atoms with E-state index in [0.717, 1.165) is 28.0 Å². The number of amides is 1. The fourth-order valence-corrected chi connectivity index (χ4v) is 3.39. The van der Waals surface area contributed by atoms with Crippen LogP contribution in [0.1, 0.15) is 39.5 Å². The van der Waals surface area contributed by atoms with Gasteiger partial charge in [-0.25, -0.2) is 4.39 Å². The Kier molecular flexibility index (Phi) is 7.18. The van der Waals surface area contributed by atoms with Crippen molar-refractivity contribution in [2.75, 3.05) is 11.9 Å². The van der Waals surface area contributed by atoms with Crippen LogP contribution in [0.15, 0.2) is 48.5 Å². The van der Waals surface area contributed by atoms with Crippen molar-refractivity contribution in [3.63, 3.8) is 0 Å². The Morgan fingerprint density at radius 3 is 2.48 bits per heavy atom. The zero-order valence-corrected chi connectivity index (χ0v) is 18.8. The van der Waals surface area contributed by atoms with Gasteiger partial charge in [-0.15, -0.1) is 0 Å². The second kappa shape index (κ2) is 9.84. The van der Waals surface area contributed by atoms with E-state index in [4.69, 9.17) is 21.1 Å². The average molecular weight is 442 g/mol. The molecule has 31 heavy (non-hydrogen) atoms. The molecule has 0 aliphatic heterocycles. The zero-order chi connectivity index (χ0) is 22.5. The topological polar surface area (TPSA) is 47.6 Å². The van der Waals surface area contributed by atoms with E-state index >= 15 is 0 Å². The predicted octanol–water partition coefficient (Wildman–Crippen LogP) is 6.63. The summed E-state index contributed by atoms with van der Waals surface area (Å²) in [4.78, 5) is 12.7. The molecule has 162 valence electrons. The second-order valence-electron chi connectivity index (χ2n) is 7.33. The van der Waals surface area contributed by atoms with Gasteiger partial charge in [0.1, 0.15) is 23.9 Å². The molecule has 0 radical (unpaired) electrons. The van der Waals surface area contributed by atoms with Crippen molar-refractivity contribution in [2.24, 2.45) is 0 Å². The van der Waals surface area contributed by atoms with E-state index in [2.05, 4.69) is 11.4 Å². The summed E-state index contributed by atoms with van der Waals surface area (Å²) in [5.41, 5.74) is 4.95. The molecular formula is C25H25ClFNO3. The lowest BCUT2D eigenvalue weighted by Gasteiger charge is -2.16. The maximum absolute atomic E-state index is 13.4. The molecule has 0 saturated heterocycles. The van der Waals surface area contributed by atoms with Crippen molar-refractivity contribution >= 4 is 23.2 Å². The Balaban J connectivity index is 1.83. The molecule has 0 saturated carbocycles. The van der Waals surface area contributed by atoms with Gasteiger partial charge in [0.25, 0.3) is 5.91 Å². The number of benzene rings is 3. The maximum Gasteiger partial charge on any atom is 0.255 e. The fourth-order valence-electron chi connectivity index (χ4n) is 3.21. The van der Waals surface area contributed by atoms with Crippen LogP contribution in [0.25, 0.3) is 0 Å². The first-order chi connectivity index (χ1) is 14.8. The molecule has 0 aliphatic carbocycles. The summed E-state index contributed by atoms with van der Waals surface area (Å²) in [5.74, 6) is 0.582. The van der Waals surface area contributed by atoms with Gasteiger partial charge in [0, 0.05) is 16.8 Å². The Morgan fingerprint density at radius 1 is 1.00 bits per heavy atom. The summed E-state index contributed by atoms with van der Waals surface area (Å²) in [6, 6.07) is 13.3. The SMILES string of the molecule is CCOc1ccc(C(=O)Nc2ccc(F)c(Cl)c2)cc1COc1cc(C)cc(C)c1C. The molecule has 0 aliphatic rings. The van der Waals surface area contributed by atoms with Crippen LogP contribution in [-0.2, 0) is 6.61 Å². The number of aryl methyl sites for hydroxylation is 2. The average Bonchev–Trinajstić information content (AvgIpc) is 2.73. The second-order valence-corrected chi connectivity index (χ2v) is 7.74. The molecule has 0 fully saturated rings. The van der Waals surface area contributed by atoms with Gasteiger partial charge >= 0.3 is 0 Å². The Bertz CT molecular complexity index is 1110. The number of ether oxygens (including phenoxy) is 2. The Hall–Kier alpha value is -3.05. The van der Waals surface area contributed by atoms with Gasteiger partial charge in [0.15, 0.2) is 0 Å². The van der Waals surface area contributed by atoms with E-state index in [1.807, 2.05) is 33.8 Å². The number of rotatable bonds is 7. The molecule has 1 amide bonds. The minimum Gasteiger partial charge on any atom is -0.493 e. The molecule has 0 bridgehead atoms. The molecular weight excluding hydrogens is 417 g/mol. The Labute approximate surface area is 187 Å². The molecule has 0 atom stereocenters. The van der Waals surface area contributed by atoms with Gasteiger partial charge in [0.2, 0.25) is 0 Å². The molecule has 0 aromatic heterocycles. The first kappa shape index (κ1) is 22.6. The largest absolute Gasteiger partial charge is 0.493 e. The molecule has 6 heteroatoms. The van der Waals surface area contributed by atoms with E-state index < -0.39 is 5.82 Å². The molecule has 1 N–H and O–H groups in total. The number of carbonyl (C=O) groups excluding carboxylic acids is 1. The number of carbonyl (C=O) groups is 1. The minimum absolute atomic E-state index is 0.0533. The summed E-state index contributed by atoms with van der Waals surface area (Å²) in [6.07, 6.45) is 0. The van der Waals surface area contributed by atoms with Crippen molar-refractivity contribution in [2.45, 2.75) is 34.3 Å².